The van der Waals surface area contributed by atoms with Gasteiger partial charge in [0.25, 0.3) is 0 Å². The van der Waals surface area contributed by atoms with Gasteiger partial charge in [-0.1, -0.05) is 0 Å². The van der Waals surface area contributed by atoms with Gasteiger partial charge in [-0.3, -0.25) is 0 Å². The van der Waals surface area contributed by atoms with E-state index in [1.165, 1.54) is 37.2 Å². The highest BCUT2D eigenvalue weighted by molar-refractivity contribution is 5.97. The van der Waals surface area contributed by atoms with Crippen LogP contribution in [-0.4, -0.2) is 56.8 Å². The Labute approximate surface area is 161 Å². The van der Waals surface area contributed by atoms with E-state index in [0.29, 0.717) is 6.61 Å². The number of nitrogens with one attached hydrogen (secondary N) is 2. The Morgan fingerprint density at radius 3 is 2.81 bits per heavy atom. The first-order valence-electron chi connectivity index (χ1n) is 10.1. The van der Waals surface area contributed by atoms with Gasteiger partial charge in [0.1, 0.15) is 5.82 Å². The first kappa shape index (κ1) is 18.2. The topological polar surface area (TPSA) is 58.7 Å². The molecule has 0 atom stereocenters. The standard InChI is InChI=1S/C21H30N4O2/c1-22-21-15-7-5-8-23-20(15)16-13-18(26-2)19(14-17(16)24-21)27-12-6-11-25-9-3-4-10-25/h13-14,23H,3-12H2,1-2H3,(H,22,24). The molecular weight excluding hydrogens is 340 g/mol. The van der Waals surface area contributed by atoms with Crippen molar-refractivity contribution in [3.63, 3.8) is 0 Å². The number of fused-ring (bicyclic) bond motifs is 3. The normalized spacial score (nSPS) is 16.8. The van der Waals surface area contributed by atoms with Crippen LogP contribution in [0.15, 0.2) is 12.1 Å². The van der Waals surface area contributed by atoms with Crippen molar-refractivity contribution in [1.29, 1.82) is 0 Å². The Balaban J connectivity index is 1.57. The number of rotatable bonds is 7. The molecule has 6 heteroatoms. The molecular formula is C21H30N4O2. The van der Waals surface area contributed by atoms with Crippen molar-refractivity contribution >= 4 is 22.4 Å². The lowest BCUT2D eigenvalue weighted by Crippen LogP contribution is -2.22. The van der Waals surface area contributed by atoms with Crippen LogP contribution in [0.4, 0.5) is 11.5 Å². The smallest absolute Gasteiger partial charge is 0.163 e. The summed E-state index contributed by atoms with van der Waals surface area (Å²) < 4.78 is 11.7. The fraction of sp³-hybridized carbons (Fsp3) is 0.571. The largest absolute Gasteiger partial charge is 0.493 e. The van der Waals surface area contributed by atoms with E-state index in [4.69, 9.17) is 14.5 Å². The lowest BCUT2D eigenvalue weighted by Gasteiger charge is -2.23. The van der Waals surface area contributed by atoms with Gasteiger partial charge in [-0.15, -0.1) is 0 Å². The van der Waals surface area contributed by atoms with E-state index in [1.807, 2.05) is 13.1 Å². The van der Waals surface area contributed by atoms with E-state index in [2.05, 4.69) is 21.6 Å². The van der Waals surface area contributed by atoms with Gasteiger partial charge in [-0.05, 0) is 51.3 Å². The van der Waals surface area contributed by atoms with Crippen molar-refractivity contribution in [1.82, 2.24) is 9.88 Å². The fourth-order valence-electron chi connectivity index (χ4n) is 4.19. The van der Waals surface area contributed by atoms with Crippen LogP contribution in [0.2, 0.25) is 0 Å². The molecule has 4 rings (SSSR count). The van der Waals surface area contributed by atoms with Gasteiger partial charge in [0.15, 0.2) is 11.5 Å². The molecule has 2 N–H and O–H groups in total. The Hall–Kier alpha value is -2.21. The number of nitrogens with zero attached hydrogens (tertiary/aromatic N) is 2. The van der Waals surface area contributed by atoms with Crippen LogP contribution >= 0.6 is 0 Å². The summed E-state index contributed by atoms with van der Waals surface area (Å²) in [5.74, 6) is 2.50. The molecule has 2 aliphatic rings. The number of aromatic nitrogens is 1. The maximum absolute atomic E-state index is 6.08. The van der Waals surface area contributed by atoms with E-state index in [0.717, 1.165) is 60.6 Å². The third-order valence-corrected chi connectivity index (χ3v) is 5.59. The van der Waals surface area contributed by atoms with Crippen molar-refractivity contribution in [3.05, 3.63) is 17.7 Å². The second-order valence-corrected chi connectivity index (χ2v) is 7.37. The predicted molar refractivity (Wildman–Crippen MR) is 110 cm³/mol. The van der Waals surface area contributed by atoms with Crippen LogP contribution in [0.1, 0.15) is 31.2 Å². The average molecular weight is 370 g/mol. The van der Waals surface area contributed by atoms with E-state index in [-0.39, 0.29) is 0 Å². The van der Waals surface area contributed by atoms with Gasteiger partial charge >= 0.3 is 0 Å². The quantitative estimate of drug-likeness (QED) is 0.728. The summed E-state index contributed by atoms with van der Waals surface area (Å²) in [6.07, 6.45) is 5.86. The van der Waals surface area contributed by atoms with Crippen molar-refractivity contribution < 1.29 is 9.47 Å². The number of pyridine rings is 1. The summed E-state index contributed by atoms with van der Waals surface area (Å²) in [5.41, 5.74) is 3.37. The Morgan fingerprint density at radius 2 is 2.04 bits per heavy atom. The zero-order valence-corrected chi connectivity index (χ0v) is 16.4. The summed E-state index contributed by atoms with van der Waals surface area (Å²) in [7, 11) is 3.63. The Morgan fingerprint density at radius 1 is 1.19 bits per heavy atom. The van der Waals surface area contributed by atoms with E-state index in [1.54, 1.807) is 7.11 Å². The second kappa shape index (κ2) is 8.21. The number of hydrogen-bond acceptors (Lipinski definition) is 6. The van der Waals surface area contributed by atoms with Crippen molar-refractivity contribution in [2.24, 2.45) is 0 Å². The van der Waals surface area contributed by atoms with Crippen molar-refractivity contribution in [2.75, 3.05) is 57.6 Å². The summed E-state index contributed by atoms with van der Waals surface area (Å²) in [4.78, 5) is 7.35. The zero-order valence-electron chi connectivity index (χ0n) is 16.4. The van der Waals surface area contributed by atoms with Crippen LogP contribution in [0.5, 0.6) is 11.5 Å². The summed E-state index contributed by atoms with van der Waals surface area (Å²) in [6.45, 7) is 5.25. The highest BCUT2D eigenvalue weighted by Crippen LogP contribution is 2.40. The van der Waals surface area contributed by atoms with E-state index in [9.17, 15) is 0 Å². The van der Waals surface area contributed by atoms with Gasteiger partial charge < -0.3 is 25.0 Å². The zero-order chi connectivity index (χ0) is 18.6. The van der Waals surface area contributed by atoms with Crippen molar-refractivity contribution in [3.8, 4) is 11.5 Å². The second-order valence-electron chi connectivity index (χ2n) is 7.37. The third-order valence-electron chi connectivity index (χ3n) is 5.59. The highest BCUT2D eigenvalue weighted by Gasteiger charge is 2.20. The number of ether oxygens (including phenoxy) is 2. The van der Waals surface area contributed by atoms with Crippen LogP contribution < -0.4 is 20.1 Å². The SMILES string of the molecule is CNc1nc2cc(OCCCN3CCCC3)c(OC)cc2c2c1CCCN2. The molecule has 0 saturated carbocycles. The fourth-order valence-corrected chi connectivity index (χ4v) is 4.19. The van der Waals surface area contributed by atoms with Crippen molar-refractivity contribution in [2.45, 2.75) is 32.1 Å². The number of anilines is 2. The molecule has 6 nitrogen and oxygen atoms in total. The first-order chi connectivity index (χ1) is 13.3. The summed E-state index contributed by atoms with van der Waals surface area (Å²) in [5, 5.41) is 7.90. The maximum atomic E-state index is 6.08. The Bertz CT molecular complexity index is 803. The van der Waals surface area contributed by atoms with Gasteiger partial charge in [0, 0.05) is 37.2 Å². The van der Waals surface area contributed by atoms with Crippen LogP contribution in [-0.2, 0) is 6.42 Å². The van der Waals surface area contributed by atoms with Crippen LogP contribution in [0.3, 0.4) is 0 Å². The summed E-state index contributed by atoms with van der Waals surface area (Å²) >= 11 is 0. The molecule has 1 aromatic carbocycles. The third kappa shape index (κ3) is 3.76. The van der Waals surface area contributed by atoms with Crippen LogP contribution in [0.25, 0.3) is 10.9 Å². The minimum absolute atomic E-state index is 0.695. The number of benzene rings is 1. The lowest BCUT2D eigenvalue weighted by atomic mass is 10.00. The molecule has 1 saturated heterocycles. The molecule has 0 aliphatic carbocycles. The number of methoxy groups -OCH3 is 1. The van der Waals surface area contributed by atoms with Gasteiger partial charge in [-0.2, -0.15) is 0 Å². The monoisotopic (exact) mass is 370 g/mol. The summed E-state index contributed by atoms with van der Waals surface area (Å²) in [6, 6.07) is 4.08. The van der Waals surface area contributed by atoms with E-state index >= 15 is 0 Å². The predicted octanol–water partition coefficient (Wildman–Crippen LogP) is 3.51. The molecule has 0 bridgehead atoms. The van der Waals surface area contributed by atoms with E-state index < -0.39 is 0 Å². The van der Waals surface area contributed by atoms with Gasteiger partial charge in [-0.25, -0.2) is 4.98 Å². The molecule has 0 radical (unpaired) electrons. The molecule has 0 unspecified atom stereocenters. The Kier molecular flexibility index (Phi) is 5.53. The number of hydrogen-bond donors (Lipinski definition) is 2. The van der Waals surface area contributed by atoms with Gasteiger partial charge in [0.2, 0.25) is 0 Å². The molecule has 27 heavy (non-hydrogen) atoms. The molecule has 1 fully saturated rings. The molecule has 2 aliphatic heterocycles. The molecule has 0 amide bonds. The molecule has 146 valence electrons. The minimum Gasteiger partial charge on any atom is -0.493 e. The van der Waals surface area contributed by atoms with Gasteiger partial charge in [0.05, 0.1) is 24.9 Å². The average Bonchev–Trinajstić information content (AvgIpc) is 3.23. The molecule has 2 aromatic rings. The minimum atomic E-state index is 0.695. The lowest BCUT2D eigenvalue weighted by molar-refractivity contribution is 0.254. The maximum Gasteiger partial charge on any atom is 0.163 e. The van der Waals surface area contributed by atoms with Crippen LogP contribution in [0, 0.1) is 0 Å². The number of likely N-dealkylation sites (tertiary alicyclic amines) is 1. The molecule has 3 heterocycles. The molecule has 1 aromatic heterocycles. The molecule has 0 spiro atoms. The first-order valence-corrected chi connectivity index (χ1v) is 10.1. The highest BCUT2D eigenvalue weighted by atomic mass is 16.5.